The van der Waals surface area contributed by atoms with E-state index < -0.39 is 0 Å². The summed E-state index contributed by atoms with van der Waals surface area (Å²) in [4.78, 5) is 13.9. The number of nitrogens with zero attached hydrogens (tertiary/aromatic N) is 1. The molecular weight excluding hydrogens is 233 g/mol. The average Bonchev–Trinajstić information content (AvgIpc) is 2.39. The van der Waals surface area contributed by atoms with Crippen molar-refractivity contribution in [1.29, 1.82) is 0 Å². The molecule has 0 unspecified atom stereocenters. The van der Waals surface area contributed by atoms with Gasteiger partial charge in [0.05, 0.1) is 6.10 Å². The molecule has 0 spiro atoms. The molecule has 0 saturated heterocycles. The molecule has 1 aromatic carbocycles. The molecule has 1 amide bonds. The lowest BCUT2D eigenvalue weighted by atomic mass is 9.92. The largest absolute Gasteiger partial charge is 0.393 e. The maximum absolute atomic E-state index is 12.8. The van der Waals surface area contributed by atoms with Gasteiger partial charge in [0.1, 0.15) is 5.82 Å². The van der Waals surface area contributed by atoms with Crippen LogP contribution in [0.5, 0.6) is 0 Å². The van der Waals surface area contributed by atoms with Crippen LogP contribution in [0.4, 0.5) is 4.39 Å². The second kappa shape index (κ2) is 5.48. The number of hydrogen-bond donors (Lipinski definition) is 1. The molecule has 1 N–H and O–H groups in total. The van der Waals surface area contributed by atoms with E-state index in [9.17, 15) is 14.3 Å². The minimum Gasteiger partial charge on any atom is -0.393 e. The number of halogens is 1. The van der Waals surface area contributed by atoms with Crippen molar-refractivity contribution in [3.05, 3.63) is 35.6 Å². The monoisotopic (exact) mass is 251 g/mol. The van der Waals surface area contributed by atoms with Gasteiger partial charge in [0.15, 0.2) is 0 Å². The molecule has 1 aliphatic carbocycles. The summed E-state index contributed by atoms with van der Waals surface area (Å²) < 4.78 is 12.8. The van der Waals surface area contributed by atoms with Gasteiger partial charge in [-0.2, -0.15) is 0 Å². The highest BCUT2D eigenvalue weighted by Crippen LogP contribution is 2.23. The molecule has 0 bridgehead atoms. The molecular formula is C14H18FNO2. The van der Waals surface area contributed by atoms with E-state index >= 15 is 0 Å². The van der Waals surface area contributed by atoms with Gasteiger partial charge in [-0.15, -0.1) is 0 Å². The number of benzene rings is 1. The quantitative estimate of drug-likeness (QED) is 0.875. The van der Waals surface area contributed by atoms with E-state index in [-0.39, 0.29) is 23.9 Å². The van der Waals surface area contributed by atoms with E-state index in [0.717, 1.165) is 25.7 Å². The molecule has 1 aromatic rings. The van der Waals surface area contributed by atoms with E-state index in [2.05, 4.69) is 0 Å². The Labute approximate surface area is 106 Å². The van der Waals surface area contributed by atoms with Crippen molar-refractivity contribution in [1.82, 2.24) is 4.90 Å². The summed E-state index contributed by atoms with van der Waals surface area (Å²) in [5.74, 6) is -0.425. The molecule has 1 fully saturated rings. The summed E-state index contributed by atoms with van der Waals surface area (Å²) in [7, 11) is 1.77. The van der Waals surface area contributed by atoms with E-state index in [1.54, 1.807) is 11.9 Å². The van der Waals surface area contributed by atoms with Crippen molar-refractivity contribution in [2.24, 2.45) is 0 Å². The van der Waals surface area contributed by atoms with E-state index in [1.807, 2.05) is 0 Å². The highest BCUT2D eigenvalue weighted by Gasteiger charge is 2.26. The van der Waals surface area contributed by atoms with Crippen LogP contribution in [0.15, 0.2) is 24.3 Å². The lowest BCUT2D eigenvalue weighted by molar-refractivity contribution is 0.0569. The van der Waals surface area contributed by atoms with E-state index in [4.69, 9.17) is 0 Å². The lowest BCUT2D eigenvalue weighted by Gasteiger charge is -2.33. The molecule has 0 aliphatic heterocycles. The van der Waals surface area contributed by atoms with Gasteiger partial charge in [-0.3, -0.25) is 4.79 Å². The third-order valence-corrected chi connectivity index (χ3v) is 3.63. The number of carbonyl (C=O) groups is 1. The number of aliphatic hydroxyl groups is 1. The minimum atomic E-state index is -0.338. The van der Waals surface area contributed by atoms with Crippen LogP contribution in [0.2, 0.25) is 0 Å². The number of carbonyl (C=O) groups excluding carboxylic acids is 1. The Morgan fingerprint density at radius 2 is 1.78 bits per heavy atom. The molecule has 98 valence electrons. The fourth-order valence-corrected chi connectivity index (χ4v) is 2.41. The number of rotatable bonds is 2. The normalized spacial score (nSPS) is 23.7. The highest BCUT2D eigenvalue weighted by molar-refractivity contribution is 5.94. The van der Waals surface area contributed by atoms with Gasteiger partial charge in [0.2, 0.25) is 0 Å². The predicted molar refractivity (Wildman–Crippen MR) is 66.8 cm³/mol. The van der Waals surface area contributed by atoms with Crippen LogP contribution in [0.1, 0.15) is 36.0 Å². The van der Waals surface area contributed by atoms with Crippen LogP contribution in [0.25, 0.3) is 0 Å². The van der Waals surface area contributed by atoms with Crippen LogP contribution in [-0.2, 0) is 0 Å². The Kier molecular flexibility index (Phi) is 3.97. The molecule has 1 aliphatic rings. The summed E-state index contributed by atoms with van der Waals surface area (Å²) in [6.45, 7) is 0. The van der Waals surface area contributed by atoms with Crippen molar-refractivity contribution in [2.45, 2.75) is 37.8 Å². The third-order valence-electron chi connectivity index (χ3n) is 3.63. The zero-order chi connectivity index (χ0) is 13.1. The van der Waals surface area contributed by atoms with Gasteiger partial charge in [0, 0.05) is 18.7 Å². The second-order valence-electron chi connectivity index (χ2n) is 4.89. The number of amides is 1. The maximum Gasteiger partial charge on any atom is 0.253 e. The summed E-state index contributed by atoms with van der Waals surface area (Å²) >= 11 is 0. The molecule has 0 heterocycles. The van der Waals surface area contributed by atoms with Crippen LogP contribution in [0.3, 0.4) is 0 Å². The molecule has 1 saturated carbocycles. The Morgan fingerprint density at radius 3 is 2.33 bits per heavy atom. The highest BCUT2D eigenvalue weighted by atomic mass is 19.1. The Morgan fingerprint density at radius 1 is 1.22 bits per heavy atom. The van der Waals surface area contributed by atoms with Crippen LogP contribution < -0.4 is 0 Å². The third kappa shape index (κ3) is 2.88. The van der Waals surface area contributed by atoms with Gasteiger partial charge in [0.25, 0.3) is 5.91 Å². The number of hydrogen-bond acceptors (Lipinski definition) is 2. The average molecular weight is 251 g/mol. The summed E-state index contributed by atoms with van der Waals surface area (Å²) in [5, 5.41) is 9.45. The zero-order valence-corrected chi connectivity index (χ0v) is 10.5. The van der Waals surface area contributed by atoms with Crippen molar-refractivity contribution in [3.8, 4) is 0 Å². The fraction of sp³-hybridized carbons (Fsp3) is 0.500. The topological polar surface area (TPSA) is 40.5 Å². The molecule has 3 nitrogen and oxygen atoms in total. The molecule has 0 atom stereocenters. The van der Waals surface area contributed by atoms with E-state index in [0.29, 0.717) is 5.56 Å². The summed E-state index contributed by atoms with van der Waals surface area (Å²) in [6.07, 6.45) is 2.91. The molecule has 0 radical (unpaired) electrons. The van der Waals surface area contributed by atoms with Gasteiger partial charge in [-0.25, -0.2) is 4.39 Å². The first kappa shape index (κ1) is 13.0. The summed E-state index contributed by atoms with van der Waals surface area (Å²) in [5.41, 5.74) is 0.505. The minimum absolute atomic E-state index is 0.0867. The first-order valence-corrected chi connectivity index (χ1v) is 6.28. The SMILES string of the molecule is CN(C(=O)c1ccc(F)cc1)C1CCC(O)CC1. The van der Waals surface area contributed by atoms with Gasteiger partial charge in [-0.05, 0) is 49.9 Å². The molecule has 0 aromatic heterocycles. The van der Waals surface area contributed by atoms with Crippen LogP contribution in [0, 0.1) is 5.82 Å². The van der Waals surface area contributed by atoms with E-state index in [1.165, 1.54) is 24.3 Å². The number of aliphatic hydroxyl groups excluding tert-OH is 1. The molecule has 2 rings (SSSR count). The van der Waals surface area contributed by atoms with Crippen molar-refractivity contribution in [3.63, 3.8) is 0 Å². The maximum atomic E-state index is 12.8. The van der Waals surface area contributed by atoms with Gasteiger partial charge >= 0.3 is 0 Å². The first-order valence-electron chi connectivity index (χ1n) is 6.28. The summed E-state index contributed by atoms with van der Waals surface area (Å²) in [6, 6.07) is 5.78. The lowest BCUT2D eigenvalue weighted by Crippen LogP contribution is -2.40. The van der Waals surface area contributed by atoms with Gasteiger partial charge in [-0.1, -0.05) is 0 Å². The smallest absolute Gasteiger partial charge is 0.253 e. The predicted octanol–water partition coefficient (Wildman–Crippen LogP) is 2.20. The van der Waals surface area contributed by atoms with Crippen LogP contribution >= 0.6 is 0 Å². The van der Waals surface area contributed by atoms with Gasteiger partial charge < -0.3 is 10.0 Å². The molecule has 18 heavy (non-hydrogen) atoms. The standard InChI is InChI=1S/C14H18FNO2/c1-16(12-6-8-13(17)9-7-12)14(18)10-2-4-11(15)5-3-10/h2-5,12-13,17H,6-9H2,1H3. The van der Waals surface area contributed by atoms with Crippen molar-refractivity contribution in [2.75, 3.05) is 7.05 Å². The Hall–Kier alpha value is -1.42. The first-order chi connectivity index (χ1) is 8.58. The fourth-order valence-electron chi connectivity index (χ4n) is 2.41. The molecule has 4 heteroatoms. The van der Waals surface area contributed by atoms with Crippen molar-refractivity contribution < 1.29 is 14.3 Å². The Balaban J connectivity index is 2.02. The van der Waals surface area contributed by atoms with Crippen molar-refractivity contribution >= 4 is 5.91 Å². The zero-order valence-electron chi connectivity index (χ0n) is 10.5. The Bertz CT molecular complexity index is 410. The second-order valence-corrected chi connectivity index (χ2v) is 4.89. The van der Waals surface area contributed by atoms with Crippen LogP contribution in [-0.4, -0.2) is 35.1 Å².